The second kappa shape index (κ2) is 7.58. The fourth-order valence-corrected chi connectivity index (χ4v) is 4.23. The molecule has 0 saturated carbocycles. The van der Waals surface area contributed by atoms with E-state index in [0.717, 1.165) is 64.3 Å². The summed E-state index contributed by atoms with van der Waals surface area (Å²) in [6.07, 6.45) is 11.6. The summed E-state index contributed by atoms with van der Waals surface area (Å²) in [5, 5.41) is 0. The molecule has 0 unspecified atom stereocenters. The zero-order valence-corrected chi connectivity index (χ0v) is 14.6. The molecule has 1 atom stereocenters. The molecule has 2 aliphatic heterocycles. The molecule has 0 radical (unpaired) electrons. The van der Waals surface area contributed by atoms with Gasteiger partial charge in [0.2, 0.25) is 0 Å². The van der Waals surface area contributed by atoms with Gasteiger partial charge in [0.05, 0.1) is 30.9 Å². The molecule has 2 fully saturated rings. The Bertz CT molecular complexity index is 636. The van der Waals surface area contributed by atoms with Gasteiger partial charge in [-0.2, -0.15) is 0 Å². The van der Waals surface area contributed by atoms with Crippen molar-refractivity contribution in [2.45, 2.75) is 37.8 Å². The predicted octanol–water partition coefficient (Wildman–Crippen LogP) is 3.51. The van der Waals surface area contributed by atoms with E-state index >= 15 is 0 Å². The van der Waals surface area contributed by atoms with Crippen molar-refractivity contribution in [1.29, 1.82) is 0 Å². The first-order valence-electron chi connectivity index (χ1n) is 9.24. The monoisotopic (exact) mass is 342 g/mol. The van der Waals surface area contributed by atoms with Crippen molar-refractivity contribution in [3.05, 3.63) is 48.7 Å². The summed E-state index contributed by atoms with van der Waals surface area (Å²) in [7, 11) is 0. The van der Waals surface area contributed by atoms with Crippen molar-refractivity contribution in [1.82, 2.24) is 9.88 Å². The summed E-state index contributed by atoms with van der Waals surface area (Å²) < 4.78 is 17.3. The molecule has 2 aromatic rings. The van der Waals surface area contributed by atoms with E-state index in [4.69, 9.17) is 13.9 Å². The summed E-state index contributed by atoms with van der Waals surface area (Å²) in [5.74, 6) is 1.45. The van der Waals surface area contributed by atoms with Crippen LogP contribution in [-0.4, -0.2) is 41.8 Å². The first-order chi connectivity index (χ1) is 12.3. The van der Waals surface area contributed by atoms with Crippen LogP contribution in [0.15, 0.2) is 47.5 Å². The van der Waals surface area contributed by atoms with Crippen LogP contribution in [0, 0.1) is 5.92 Å². The normalized spacial score (nSPS) is 23.1. The third-order valence-corrected chi connectivity index (χ3v) is 5.66. The van der Waals surface area contributed by atoms with E-state index in [2.05, 4.69) is 16.0 Å². The van der Waals surface area contributed by atoms with Crippen LogP contribution in [0.3, 0.4) is 0 Å². The van der Waals surface area contributed by atoms with Crippen molar-refractivity contribution in [2.75, 3.05) is 26.3 Å². The first-order valence-corrected chi connectivity index (χ1v) is 9.24. The Hall–Kier alpha value is -1.85. The average molecular weight is 342 g/mol. The van der Waals surface area contributed by atoms with Gasteiger partial charge in [-0.05, 0) is 49.8 Å². The van der Waals surface area contributed by atoms with Crippen molar-refractivity contribution in [2.24, 2.45) is 5.92 Å². The molecular formula is C20H26N2O3. The minimum absolute atomic E-state index is 0.0607. The third kappa shape index (κ3) is 3.88. The highest BCUT2D eigenvalue weighted by molar-refractivity contribution is 5.15. The molecule has 0 aromatic carbocycles. The zero-order valence-electron chi connectivity index (χ0n) is 14.6. The molecule has 134 valence electrons. The maximum atomic E-state index is 6.27. The summed E-state index contributed by atoms with van der Waals surface area (Å²) in [4.78, 5) is 6.60. The van der Waals surface area contributed by atoms with Crippen LogP contribution >= 0.6 is 0 Å². The number of piperidine rings is 1. The largest absolute Gasteiger partial charge is 0.492 e. The van der Waals surface area contributed by atoms with Gasteiger partial charge in [0.1, 0.15) is 5.75 Å². The number of rotatable bonds is 6. The Kier molecular flexibility index (Phi) is 5.04. The standard InChI is InChI=1S/C20H26N2O3/c1-2-19(14-21-8-1)24-12-4-18-5-13-25-20(18)6-9-22(10-7-20)15-17-3-11-23-16-17/h1-3,8,11,14,16,18H,4-7,9-10,12-13,15H2/t18-/m1/s1. The number of hydrogen-bond acceptors (Lipinski definition) is 5. The number of hydrogen-bond donors (Lipinski definition) is 0. The van der Waals surface area contributed by atoms with E-state index in [1.54, 1.807) is 18.7 Å². The first kappa shape index (κ1) is 16.6. The predicted molar refractivity (Wildman–Crippen MR) is 94.4 cm³/mol. The summed E-state index contributed by atoms with van der Waals surface area (Å²) >= 11 is 0. The topological polar surface area (TPSA) is 47.7 Å². The molecule has 4 rings (SSSR count). The van der Waals surface area contributed by atoms with Crippen LogP contribution in [0.25, 0.3) is 0 Å². The highest BCUT2D eigenvalue weighted by atomic mass is 16.5. The quantitative estimate of drug-likeness (QED) is 0.804. The minimum atomic E-state index is 0.0607. The van der Waals surface area contributed by atoms with Gasteiger partial charge in [-0.15, -0.1) is 0 Å². The number of likely N-dealkylation sites (tertiary alicyclic amines) is 1. The van der Waals surface area contributed by atoms with Gasteiger partial charge in [0, 0.05) is 38.0 Å². The Labute approximate surface area is 148 Å². The molecule has 0 N–H and O–H groups in total. The van der Waals surface area contributed by atoms with Gasteiger partial charge in [-0.3, -0.25) is 9.88 Å². The van der Waals surface area contributed by atoms with Gasteiger partial charge in [0.15, 0.2) is 0 Å². The van der Waals surface area contributed by atoms with Gasteiger partial charge in [0.25, 0.3) is 0 Å². The highest BCUT2D eigenvalue weighted by Gasteiger charge is 2.45. The molecule has 2 aromatic heterocycles. The number of pyridine rings is 1. The van der Waals surface area contributed by atoms with E-state index in [9.17, 15) is 0 Å². The maximum absolute atomic E-state index is 6.27. The van der Waals surface area contributed by atoms with Gasteiger partial charge < -0.3 is 13.9 Å². The molecule has 0 bridgehead atoms. The maximum Gasteiger partial charge on any atom is 0.137 e. The van der Waals surface area contributed by atoms with Gasteiger partial charge in [-0.1, -0.05) is 0 Å². The lowest BCUT2D eigenvalue weighted by molar-refractivity contribution is -0.0708. The summed E-state index contributed by atoms with van der Waals surface area (Å²) in [5.41, 5.74) is 1.32. The molecule has 5 heteroatoms. The fourth-order valence-electron chi connectivity index (χ4n) is 4.23. The Morgan fingerprint density at radius 1 is 1.28 bits per heavy atom. The van der Waals surface area contributed by atoms with E-state index in [1.807, 2.05) is 18.4 Å². The number of furan rings is 1. The number of ether oxygens (including phenoxy) is 2. The molecular weight excluding hydrogens is 316 g/mol. The number of nitrogens with zero attached hydrogens (tertiary/aromatic N) is 2. The van der Waals surface area contributed by atoms with E-state index in [1.165, 1.54) is 5.56 Å². The molecule has 0 amide bonds. The lowest BCUT2D eigenvalue weighted by Crippen LogP contribution is -2.47. The molecule has 0 aliphatic carbocycles. The lowest BCUT2D eigenvalue weighted by Gasteiger charge is -2.42. The van der Waals surface area contributed by atoms with Crippen LogP contribution in [0.4, 0.5) is 0 Å². The minimum Gasteiger partial charge on any atom is -0.492 e. The van der Waals surface area contributed by atoms with Crippen LogP contribution in [-0.2, 0) is 11.3 Å². The highest BCUT2D eigenvalue weighted by Crippen LogP contribution is 2.42. The summed E-state index contributed by atoms with van der Waals surface area (Å²) in [6, 6.07) is 5.92. The molecule has 25 heavy (non-hydrogen) atoms. The van der Waals surface area contributed by atoms with Gasteiger partial charge >= 0.3 is 0 Å². The van der Waals surface area contributed by atoms with Crippen molar-refractivity contribution in [3.63, 3.8) is 0 Å². The van der Waals surface area contributed by atoms with Crippen molar-refractivity contribution >= 4 is 0 Å². The molecule has 4 heterocycles. The smallest absolute Gasteiger partial charge is 0.137 e. The fraction of sp³-hybridized carbons (Fsp3) is 0.550. The van der Waals surface area contributed by atoms with Crippen LogP contribution < -0.4 is 4.74 Å². The molecule has 1 spiro atoms. The molecule has 2 aliphatic rings. The van der Waals surface area contributed by atoms with E-state index < -0.39 is 0 Å². The third-order valence-electron chi connectivity index (χ3n) is 5.66. The second-order valence-electron chi connectivity index (χ2n) is 7.13. The molecule has 5 nitrogen and oxygen atoms in total. The molecule has 2 saturated heterocycles. The van der Waals surface area contributed by atoms with E-state index in [-0.39, 0.29) is 5.60 Å². The Morgan fingerprint density at radius 3 is 2.96 bits per heavy atom. The number of aromatic nitrogens is 1. The second-order valence-corrected chi connectivity index (χ2v) is 7.13. The van der Waals surface area contributed by atoms with Crippen molar-refractivity contribution < 1.29 is 13.9 Å². The van der Waals surface area contributed by atoms with Crippen LogP contribution in [0.1, 0.15) is 31.2 Å². The van der Waals surface area contributed by atoms with E-state index in [0.29, 0.717) is 5.92 Å². The van der Waals surface area contributed by atoms with Crippen LogP contribution in [0.2, 0.25) is 0 Å². The van der Waals surface area contributed by atoms with Crippen molar-refractivity contribution in [3.8, 4) is 5.75 Å². The lowest BCUT2D eigenvalue weighted by atomic mass is 9.78. The zero-order chi connectivity index (χ0) is 17.0. The average Bonchev–Trinajstić information content (AvgIpc) is 3.29. The van der Waals surface area contributed by atoms with Gasteiger partial charge in [-0.25, -0.2) is 0 Å². The van der Waals surface area contributed by atoms with Crippen LogP contribution in [0.5, 0.6) is 5.75 Å². The summed E-state index contributed by atoms with van der Waals surface area (Å²) in [6.45, 7) is 4.77. The SMILES string of the molecule is c1cncc(OCC[C@@H]2CCOC23CCN(Cc2ccoc2)CC3)c1. The Balaban J connectivity index is 1.27. The Morgan fingerprint density at radius 2 is 2.20 bits per heavy atom.